The summed E-state index contributed by atoms with van der Waals surface area (Å²) >= 11 is 1.49. The summed E-state index contributed by atoms with van der Waals surface area (Å²) in [5.41, 5.74) is 1.87. The number of aromatic nitrogens is 4. The number of amides is 1. The molecule has 26 heavy (non-hydrogen) atoms. The molecule has 0 aliphatic carbocycles. The number of carbonyl (C=O) groups is 1. The molecule has 3 aromatic rings. The number of nitrogens with zero attached hydrogens (tertiary/aromatic N) is 5. The molecule has 1 aliphatic rings. The Morgan fingerprint density at radius 3 is 2.77 bits per heavy atom. The van der Waals surface area contributed by atoms with Gasteiger partial charge in [-0.05, 0) is 6.07 Å². The van der Waals surface area contributed by atoms with E-state index < -0.39 is 0 Å². The second-order valence-corrected chi connectivity index (χ2v) is 6.52. The number of thiazole rings is 1. The lowest BCUT2D eigenvalue weighted by atomic mass is 10.3. The highest BCUT2D eigenvalue weighted by molar-refractivity contribution is 7.13. The maximum atomic E-state index is 12.8. The third-order valence-electron chi connectivity index (χ3n) is 4.05. The predicted octanol–water partition coefficient (Wildman–Crippen LogP) is 1.87. The Morgan fingerprint density at radius 2 is 2.12 bits per heavy atom. The van der Waals surface area contributed by atoms with Crippen molar-refractivity contribution in [2.75, 3.05) is 33.4 Å². The van der Waals surface area contributed by atoms with E-state index >= 15 is 0 Å². The van der Waals surface area contributed by atoms with E-state index in [1.54, 1.807) is 41.2 Å². The van der Waals surface area contributed by atoms with Gasteiger partial charge in [0.1, 0.15) is 10.7 Å². The minimum Gasteiger partial charge on any atom is -0.481 e. The van der Waals surface area contributed by atoms with Gasteiger partial charge >= 0.3 is 0 Å². The number of morpholine rings is 1. The lowest BCUT2D eigenvalue weighted by Crippen LogP contribution is -2.40. The first-order valence-electron chi connectivity index (χ1n) is 8.13. The van der Waals surface area contributed by atoms with Crippen LogP contribution < -0.4 is 4.74 Å². The van der Waals surface area contributed by atoms with Gasteiger partial charge in [0.2, 0.25) is 5.88 Å². The van der Waals surface area contributed by atoms with Crippen molar-refractivity contribution in [2.24, 2.45) is 0 Å². The van der Waals surface area contributed by atoms with Crippen LogP contribution in [0.25, 0.3) is 16.4 Å². The van der Waals surface area contributed by atoms with Gasteiger partial charge in [-0.3, -0.25) is 4.79 Å². The van der Waals surface area contributed by atoms with Gasteiger partial charge in [-0.2, -0.15) is 5.10 Å². The predicted molar refractivity (Wildman–Crippen MR) is 95.7 cm³/mol. The first kappa shape index (κ1) is 16.7. The second kappa shape index (κ2) is 7.22. The normalized spacial score (nSPS) is 14.4. The fraction of sp³-hybridized carbons (Fsp3) is 0.294. The number of hydrogen-bond donors (Lipinski definition) is 0. The van der Waals surface area contributed by atoms with Crippen molar-refractivity contribution in [3.63, 3.8) is 0 Å². The second-order valence-electron chi connectivity index (χ2n) is 5.63. The minimum absolute atomic E-state index is 0.105. The number of methoxy groups -OCH3 is 1. The Labute approximate surface area is 154 Å². The SMILES string of the molecule is COc1ccc(-n2nc(C(=O)N3CCOCC3)cc2-c2nccs2)cn1. The molecule has 0 atom stereocenters. The number of hydrogen-bond acceptors (Lipinski definition) is 7. The van der Waals surface area contributed by atoms with Crippen molar-refractivity contribution in [3.8, 4) is 22.3 Å². The fourth-order valence-corrected chi connectivity index (χ4v) is 3.37. The van der Waals surface area contributed by atoms with Gasteiger partial charge in [0.25, 0.3) is 5.91 Å². The summed E-state index contributed by atoms with van der Waals surface area (Å²) in [6.07, 6.45) is 3.39. The molecule has 4 heterocycles. The summed E-state index contributed by atoms with van der Waals surface area (Å²) in [6, 6.07) is 5.38. The minimum atomic E-state index is -0.105. The van der Waals surface area contributed by atoms with E-state index in [2.05, 4.69) is 15.1 Å². The van der Waals surface area contributed by atoms with Crippen LogP contribution in [0.3, 0.4) is 0 Å². The smallest absolute Gasteiger partial charge is 0.274 e. The number of ether oxygens (including phenoxy) is 2. The number of carbonyl (C=O) groups excluding carboxylic acids is 1. The van der Waals surface area contributed by atoms with Crippen LogP contribution in [-0.4, -0.2) is 64.0 Å². The van der Waals surface area contributed by atoms with Gasteiger partial charge in [0.15, 0.2) is 5.69 Å². The Balaban J connectivity index is 1.74. The molecule has 134 valence electrons. The zero-order valence-electron chi connectivity index (χ0n) is 14.2. The van der Waals surface area contributed by atoms with Crippen LogP contribution in [0.1, 0.15) is 10.5 Å². The molecular formula is C17H17N5O3S. The van der Waals surface area contributed by atoms with E-state index in [0.29, 0.717) is 37.9 Å². The summed E-state index contributed by atoms with van der Waals surface area (Å²) in [7, 11) is 1.57. The molecule has 1 amide bonds. The zero-order chi connectivity index (χ0) is 17.9. The molecule has 1 fully saturated rings. The van der Waals surface area contributed by atoms with E-state index in [0.717, 1.165) is 16.4 Å². The maximum Gasteiger partial charge on any atom is 0.274 e. The molecule has 0 spiro atoms. The number of rotatable bonds is 4. The fourth-order valence-electron chi connectivity index (χ4n) is 2.73. The van der Waals surface area contributed by atoms with E-state index in [-0.39, 0.29) is 5.91 Å². The van der Waals surface area contributed by atoms with Crippen LogP contribution in [0.15, 0.2) is 36.0 Å². The van der Waals surface area contributed by atoms with Crippen LogP contribution in [-0.2, 0) is 4.74 Å². The van der Waals surface area contributed by atoms with Crippen LogP contribution in [0.5, 0.6) is 5.88 Å². The topological polar surface area (TPSA) is 82.4 Å². The van der Waals surface area contributed by atoms with Crippen molar-refractivity contribution < 1.29 is 14.3 Å². The lowest BCUT2D eigenvalue weighted by Gasteiger charge is -2.25. The third kappa shape index (κ3) is 3.18. The summed E-state index contributed by atoms with van der Waals surface area (Å²) in [5.74, 6) is 0.410. The molecule has 0 aromatic carbocycles. The van der Waals surface area contributed by atoms with E-state index in [9.17, 15) is 4.79 Å². The van der Waals surface area contributed by atoms with E-state index in [4.69, 9.17) is 9.47 Å². The van der Waals surface area contributed by atoms with Gasteiger partial charge in [0, 0.05) is 36.8 Å². The lowest BCUT2D eigenvalue weighted by molar-refractivity contribution is 0.0298. The van der Waals surface area contributed by atoms with Crippen molar-refractivity contribution in [2.45, 2.75) is 0 Å². The highest BCUT2D eigenvalue weighted by Crippen LogP contribution is 2.26. The molecule has 8 nitrogen and oxygen atoms in total. The van der Waals surface area contributed by atoms with E-state index in [1.165, 1.54) is 11.3 Å². The summed E-state index contributed by atoms with van der Waals surface area (Å²) in [5, 5.41) is 7.22. The first-order valence-corrected chi connectivity index (χ1v) is 9.01. The van der Waals surface area contributed by atoms with Crippen LogP contribution in [0, 0.1) is 0 Å². The summed E-state index contributed by atoms with van der Waals surface area (Å²) < 4.78 is 12.1. The molecule has 0 N–H and O–H groups in total. The molecule has 0 saturated carbocycles. The molecule has 3 aromatic heterocycles. The van der Waals surface area contributed by atoms with Gasteiger partial charge in [-0.25, -0.2) is 14.6 Å². The average Bonchev–Trinajstić information content (AvgIpc) is 3.38. The molecular weight excluding hydrogens is 354 g/mol. The van der Waals surface area contributed by atoms with Crippen molar-refractivity contribution in [3.05, 3.63) is 41.7 Å². The summed E-state index contributed by atoms with van der Waals surface area (Å²) in [4.78, 5) is 23.2. The van der Waals surface area contributed by atoms with Crippen molar-refractivity contribution >= 4 is 17.2 Å². The molecule has 0 radical (unpaired) electrons. The Bertz CT molecular complexity index is 886. The van der Waals surface area contributed by atoms with Crippen LogP contribution in [0.2, 0.25) is 0 Å². The van der Waals surface area contributed by atoms with Gasteiger partial charge in [0.05, 0.1) is 32.2 Å². The van der Waals surface area contributed by atoms with Gasteiger partial charge in [-0.1, -0.05) is 0 Å². The van der Waals surface area contributed by atoms with Gasteiger partial charge in [-0.15, -0.1) is 11.3 Å². The standard InChI is InChI=1S/C17H17N5O3S/c1-24-15-3-2-12(11-19-15)22-14(16-18-4-9-26-16)10-13(20-22)17(23)21-5-7-25-8-6-21/h2-4,9-11H,5-8H2,1H3. The Hall–Kier alpha value is -2.78. The third-order valence-corrected chi connectivity index (χ3v) is 4.85. The molecule has 1 saturated heterocycles. The van der Waals surface area contributed by atoms with E-state index in [1.807, 2.05) is 11.4 Å². The quantitative estimate of drug-likeness (QED) is 0.696. The highest BCUT2D eigenvalue weighted by atomic mass is 32.1. The monoisotopic (exact) mass is 371 g/mol. The average molecular weight is 371 g/mol. The molecule has 0 bridgehead atoms. The zero-order valence-corrected chi connectivity index (χ0v) is 15.0. The van der Waals surface area contributed by atoms with Crippen LogP contribution in [0.4, 0.5) is 0 Å². The van der Waals surface area contributed by atoms with Gasteiger partial charge < -0.3 is 14.4 Å². The molecule has 1 aliphatic heterocycles. The van der Waals surface area contributed by atoms with Crippen LogP contribution >= 0.6 is 11.3 Å². The first-order chi connectivity index (χ1) is 12.8. The van der Waals surface area contributed by atoms with Crippen molar-refractivity contribution in [1.29, 1.82) is 0 Å². The molecule has 0 unspecified atom stereocenters. The largest absolute Gasteiger partial charge is 0.481 e. The number of pyridine rings is 1. The maximum absolute atomic E-state index is 12.8. The highest BCUT2D eigenvalue weighted by Gasteiger charge is 2.24. The summed E-state index contributed by atoms with van der Waals surface area (Å²) in [6.45, 7) is 2.24. The molecule has 9 heteroatoms. The Morgan fingerprint density at radius 1 is 1.27 bits per heavy atom. The molecule has 4 rings (SSSR count). The Kier molecular flexibility index (Phi) is 4.63. The van der Waals surface area contributed by atoms with Crippen molar-refractivity contribution in [1.82, 2.24) is 24.6 Å².